The molecule has 0 amide bonds. The smallest absolute Gasteiger partial charge is 0.306 e. The Labute approximate surface area is 95.2 Å². The van der Waals surface area contributed by atoms with Gasteiger partial charge in [-0.3, -0.25) is 4.79 Å². The van der Waals surface area contributed by atoms with Crippen LogP contribution in [0, 0.1) is 0 Å². The number of aryl methyl sites for hydroxylation is 1. The minimum atomic E-state index is -0.142. The standard InChI is InChI=1S/C12H15ClO2/c1-2-8-15-12(14)7-6-10-4-3-5-11(13)9-10/h3-5,9H,2,6-8H2,1H3. The lowest BCUT2D eigenvalue weighted by Crippen LogP contribution is -2.06. The molecule has 0 fully saturated rings. The van der Waals surface area contributed by atoms with Crippen molar-refractivity contribution >= 4 is 17.6 Å². The first kappa shape index (κ1) is 12.1. The number of hydrogen-bond acceptors (Lipinski definition) is 2. The number of ether oxygens (including phenoxy) is 1. The zero-order valence-electron chi connectivity index (χ0n) is 8.83. The van der Waals surface area contributed by atoms with E-state index in [2.05, 4.69) is 0 Å². The van der Waals surface area contributed by atoms with Crippen molar-refractivity contribution < 1.29 is 9.53 Å². The van der Waals surface area contributed by atoms with Gasteiger partial charge in [-0.05, 0) is 30.5 Å². The van der Waals surface area contributed by atoms with Crippen LogP contribution < -0.4 is 0 Å². The Balaban J connectivity index is 2.33. The van der Waals surface area contributed by atoms with Gasteiger partial charge in [0.25, 0.3) is 0 Å². The van der Waals surface area contributed by atoms with E-state index in [4.69, 9.17) is 16.3 Å². The lowest BCUT2D eigenvalue weighted by atomic mass is 10.1. The van der Waals surface area contributed by atoms with Gasteiger partial charge < -0.3 is 4.74 Å². The van der Waals surface area contributed by atoms with Crippen LogP contribution >= 0.6 is 11.6 Å². The van der Waals surface area contributed by atoms with Gasteiger partial charge in [-0.25, -0.2) is 0 Å². The summed E-state index contributed by atoms with van der Waals surface area (Å²) < 4.78 is 4.97. The second-order valence-corrected chi connectivity index (χ2v) is 3.79. The minimum Gasteiger partial charge on any atom is -0.466 e. The highest BCUT2D eigenvalue weighted by Gasteiger charge is 2.03. The number of carbonyl (C=O) groups is 1. The minimum absolute atomic E-state index is 0.142. The van der Waals surface area contributed by atoms with E-state index in [1.807, 2.05) is 31.2 Å². The van der Waals surface area contributed by atoms with Gasteiger partial charge in [0.05, 0.1) is 6.61 Å². The molecule has 1 rings (SSSR count). The second-order valence-electron chi connectivity index (χ2n) is 3.35. The van der Waals surface area contributed by atoms with Crippen molar-refractivity contribution in [3.63, 3.8) is 0 Å². The van der Waals surface area contributed by atoms with Gasteiger partial charge in [-0.15, -0.1) is 0 Å². The molecule has 1 aromatic carbocycles. The predicted molar refractivity (Wildman–Crippen MR) is 61.0 cm³/mol. The fourth-order valence-electron chi connectivity index (χ4n) is 1.23. The maximum Gasteiger partial charge on any atom is 0.306 e. The van der Waals surface area contributed by atoms with E-state index in [1.165, 1.54) is 0 Å². The third kappa shape index (κ3) is 4.84. The summed E-state index contributed by atoms with van der Waals surface area (Å²) in [5.41, 5.74) is 1.07. The Hall–Kier alpha value is -1.02. The highest BCUT2D eigenvalue weighted by Crippen LogP contribution is 2.12. The molecule has 0 heterocycles. The van der Waals surface area contributed by atoms with Crippen LogP contribution in [-0.2, 0) is 16.0 Å². The van der Waals surface area contributed by atoms with Crippen LogP contribution in [0.25, 0.3) is 0 Å². The van der Waals surface area contributed by atoms with Crippen LogP contribution in [0.1, 0.15) is 25.3 Å². The van der Waals surface area contributed by atoms with Gasteiger partial charge in [0, 0.05) is 11.4 Å². The zero-order valence-corrected chi connectivity index (χ0v) is 9.59. The van der Waals surface area contributed by atoms with E-state index < -0.39 is 0 Å². The van der Waals surface area contributed by atoms with Gasteiger partial charge >= 0.3 is 5.97 Å². The monoisotopic (exact) mass is 226 g/mol. The second kappa shape index (κ2) is 6.46. The van der Waals surface area contributed by atoms with Crippen LogP contribution in [0.3, 0.4) is 0 Å². The summed E-state index contributed by atoms with van der Waals surface area (Å²) in [4.78, 5) is 11.2. The molecule has 0 radical (unpaired) electrons. The Kier molecular flexibility index (Phi) is 5.19. The van der Waals surface area contributed by atoms with Crippen molar-refractivity contribution in [3.8, 4) is 0 Å². The number of esters is 1. The Morgan fingerprint density at radius 3 is 2.93 bits per heavy atom. The molecule has 0 N–H and O–H groups in total. The molecule has 0 aliphatic heterocycles. The van der Waals surface area contributed by atoms with Crippen LogP contribution in [0.4, 0.5) is 0 Å². The van der Waals surface area contributed by atoms with Crippen LogP contribution in [0.2, 0.25) is 5.02 Å². The fourth-order valence-corrected chi connectivity index (χ4v) is 1.44. The summed E-state index contributed by atoms with van der Waals surface area (Å²) in [6, 6.07) is 7.53. The molecule has 2 nitrogen and oxygen atoms in total. The van der Waals surface area contributed by atoms with Gasteiger partial charge in [0.1, 0.15) is 0 Å². The molecule has 0 spiro atoms. The summed E-state index contributed by atoms with van der Waals surface area (Å²) in [6.07, 6.45) is 1.96. The molecule has 0 saturated heterocycles. The largest absolute Gasteiger partial charge is 0.466 e. The maximum atomic E-state index is 11.2. The van der Waals surface area contributed by atoms with Crippen LogP contribution in [-0.4, -0.2) is 12.6 Å². The molecule has 82 valence electrons. The first-order valence-electron chi connectivity index (χ1n) is 5.12. The molecule has 0 bridgehead atoms. The Morgan fingerprint density at radius 2 is 2.27 bits per heavy atom. The number of rotatable bonds is 5. The van der Waals surface area contributed by atoms with E-state index >= 15 is 0 Å². The molecule has 0 saturated carbocycles. The topological polar surface area (TPSA) is 26.3 Å². The molecule has 0 aliphatic rings. The first-order chi connectivity index (χ1) is 7.22. The number of benzene rings is 1. The van der Waals surface area contributed by atoms with E-state index in [9.17, 15) is 4.79 Å². The van der Waals surface area contributed by atoms with E-state index in [0.717, 1.165) is 12.0 Å². The maximum absolute atomic E-state index is 11.2. The predicted octanol–water partition coefficient (Wildman–Crippen LogP) is 3.23. The first-order valence-corrected chi connectivity index (χ1v) is 5.50. The molecule has 0 aromatic heterocycles. The Bertz CT molecular complexity index is 323. The summed E-state index contributed by atoms with van der Waals surface area (Å²) in [6.45, 7) is 2.48. The van der Waals surface area contributed by atoms with Crippen molar-refractivity contribution in [2.75, 3.05) is 6.61 Å². The fraction of sp³-hybridized carbons (Fsp3) is 0.417. The molecular formula is C12H15ClO2. The van der Waals surface area contributed by atoms with Gasteiger partial charge in [-0.1, -0.05) is 30.7 Å². The van der Waals surface area contributed by atoms with Gasteiger partial charge in [-0.2, -0.15) is 0 Å². The Morgan fingerprint density at radius 1 is 1.47 bits per heavy atom. The third-order valence-electron chi connectivity index (χ3n) is 1.97. The lowest BCUT2D eigenvalue weighted by Gasteiger charge is -2.03. The molecule has 0 aliphatic carbocycles. The van der Waals surface area contributed by atoms with Gasteiger partial charge in [0.2, 0.25) is 0 Å². The number of carbonyl (C=O) groups excluding carboxylic acids is 1. The van der Waals surface area contributed by atoms with Crippen molar-refractivity contribution in [2.24, 2.45) is 0 Å². The highest BCUT2D eigenvalue weighted by atomic mass is 35.5. The average Bonchev–Trinajstić information content (AvgIpc) is 2.23. The van der Waals surface area contributed by atoms with Crippen LogP contribution in [0.5, 0.6) is 0 Å². The van der Waals surface area contributed by atoms with E-state index in [-0.39, 0.29) is 5.97 Å². The SMILES string of the molecule is CCCOC(=O)CCc1cccc(Cl)c1. The summed E-state index contributed by atoms with van der Waals surface area (Å²) in [5.74, 6) is -0.142. The molecule has 1 aromatic rings. The highest BCUT2D eigenvalue weighted by molar-refractivity contribution is 6.30. The van der Waals surface area contributed by atoms with Crippen molar-refractivity contribution in [1.82, 2.24) is 0 Å². The molecule has 3 heteroatoms. The summed E-state index contributed by atoms with van der Waals surface area (Å²) in [5, 5.41) is 0.703. The van der Waals surface area contributed by atoms with Crippen LogP contribution in [0.15, 0.2) is 24.3 Å². The van der Waals surface area contributed by atoms with Crippen molar-refractivity contribution in [1.29, 1.82) is 0 Å². The summed E-state index contributed by atoms with van der Waals surface area (Å²) >= 11 is 5.83. The van der Waals surface area contributed by atoms with Crippen molar-refractivity contribution in [2.45, 2.75) is 26.2 Å². The third-order valence-corrected chi connectivity index (χ3v) is 2.21. The zero-order chi connectivity index (χ0) is 11.1. The molecule has 0 unspecified atom stereocenters. The molecule has 15 heavy (non-hydrogen) atoms. The molecule has 0 atom stereocenters. The number of halogens is 1. The summed E-state index contributed by atoms with van der Waals surface area (Å²) in [7, 11) is 0. The van der Waals surface area contributed by atoms with E-state index in [0.29, 0.717) is 24.5 Å². The van der Waals surface area contributed by atoms with Gasteiger partial charge in [0.15, 0.2) is 0 Å². The quantitative estimate of drug-likeness (QED) is 0.721. The van der Waals surface area contributed by atoms with E-state index in [1.54, 1.807) is 0 Å². The average molecular weight is 227 g/mol. The van der Waals surface area contributed by atoms with Crippen molar-refractivity contribution in [3.05, 3.63) is 34.9 Å². The normalized spacial score (nSPS) is 10.0. The molecular weight excluding hydrogens is 212 g/mol. The lowest BCUT2D eigenvalue weighted by molar-refractivity contribution is -0.143. The number of hydrogen-bond donors (Lipinski definition) is 0.